The van der Waals surface area contributed by atoms with Crippen molar-refractivity contribution in [2.75, 3.05) is 6.54 Å². The minimum atomic E-state index is -3.46. The summed E-state index contributed by atoms with van der Waals surface area (Å²) in [6, 6.07) is 6.69. The van der Waals surface area contributed by atoms with Crippen molar-refractivity contribution in [3.05, 3.63) is 29.8 Å². The lowest BCUT2D eigenvalue weighted by molar-refractivity contribution is 0.0521. The molecule has 0 unspecified atom stereocenters. The Morgan fingerprint density at radius 2 is 1.89 bits per heavy atom. The standard InChI is InChI=1S/C14H20FNO2S/c1-12-4-6-13(7-5-12)19(17,18)16-11-3-10-14(15)8-2-9-14/h4-7,16H,2-3,8-11H2,1H3. The lowest BCUT2D eigenvalue weighted by Gasteiger charge is -2.33. The number of alkyl halides is 1. The molecule has 0 bridgehead atoms. The Balaban J connectivity index is 1.82. The van der Waals surface area contributed by atoms with Crippen LogP contribution in [-0.4, -0.2) is 20.6 Å². The van der Waals surface area contributed by atoms with Crippen LogP contribution in [0.1, 0.15) is 37.7 Å². The predicted molar refractivity (Wildman–Crippen MR) is 73.3 cm³/mol. The highest BCUT2D eigenvalue weighted by Gasteiger charge is 2.36. The van der Waals surface area contributed by atoms with Crippen LogP contribution in [0.15, 0.2) is 29.2 Å². The zero-order valence-electron chi connectivity index (χ0n) is 11.2. The van der Waals surface area contributed by atoms with E-state index in [4.69, 9.17) is 0 Å². The van der Waals surface area contributed by atoms with Gasteiger partial charge in [-0.05, 0) is 51.2 Å². The van der Waals surface area contributed by atoms with E-state index < -0.39 is 15.7 Å². The van der Waals surface area contributed by atoms with Crippen molar-refractivity contribution < 1.29 is 12.8 Å². The van der Waals surface area contributed by atoms with Crippen LogP contribution in [-0.2, 0) is 10.0 Å². The number of hydrogen-bond acceptors (Lipinski definition) is 2. The third-order valence-corrected chi connectivity index (χ3v) is 5.15. The Bertz CT molecular complexity index is 521. The van der Waals surface area contributed by atoms with Crippen molar-refractivity contribution >= 4 is 10.0 Å². The van der Waals surface area contributed by atoms with Crippen LogP contribution in [0.5, 0.6) is 0 Å². The minimum Gasteiger partial charge on any atom is -0.244 e. The summed E-state index contributed by atoms with van der Waals surface area (Å²) in [5.74, 6) is 0. The molecule has 1 aromatic rings. The van der Waals surface area contributed by atoms with Crippen LogP contribution in [0.25, 0.3) is 0 Å². The van der Waals surface area contributed by atoms with E-state index in [1.165, 1.54) is 0 Å². The molecule has 0 radical (unpaired) electrons. The Labute approximate surface area is 114 Å². The molecule has 0 heterocycles. The van der Waals surface area contributed by atoms with Crippen molar-refractivity contribution in [3.63, 3.8) is 0 Å². The van der Waals surface area contributed by atoms with Gasteiger partial charge in [0.25, 0.3) is 0 Å². The van der Waals surface area contributed by atoms with E-state index >= 15 is 0 Å². The summed E-state index contributed by atoms with van der Waals surface area (Å²) in [4.78, 5) is 0.261. The van der Waals surface area contributed by atoms with E-state index in [1.54, 1.807) is 24.3 Å². The molecule has 1 N–H and O–H groups in total. The fourth-order valence-corrected chi connectivity index (χ4v) is 3.30. The average molecular weight is 285 g/mol. The zero-order valence-corrected chi connectivity index (χ0v) is 12.0. The number of sulfonamides is 1. The number of benzene rings is 1. The van der Waals surface area contributed by atoms with Gasteiger partial charge in [0.2, 0.25) is 10.0 Å². The van der Waals surface area contributed by atoms with Crippen molar-refractivity contribution in [3.8, 4) is 0 Å². The van der Waals surface area contributed by atoms with Crippen LogP contribution < -0.4 is 4.72 Å². The van der Waals surface area contributed by atoms with E-state index in [9.17, 15) is 12.8 Å². The van der Waals surface area contributed by atoms with Gasteiger partial charge in [-0.25, -0.2) is 17.5 Å². The first kappa shape index (κ1) is 14.5. The van der Waals surface area contributed by atoms with Gasteiger partial charge in [-0.2, -0.15) is 0 Å². The lowest BCUT2D eigenvalue weighted by Crippen LogP contribution is -2.33. The molecule has 1 aromatic carbocycles. The first-order valence-corrected chi connectivity index (χ1v) is 8.15. The number of aryl methyl sites for hydroxylation is 1. The highest BCUT2D eigenvalue weighted by Crippen LogP contribution is 2.39. The minimum absolute atomic E-state index is 0.261. The van der Waals surface area contributed by atoms with Gasteiger partial charge < -0.3 is 0 Å². The Morgan fingerprint density at radius 3 is 2.42 bits per heavy atom. The predicted octanol–water partition coefficient (Wildman–Crippen LogP) is 2.95. The molecule has 0 aromatic heterocycles. The van der Waals surface area contributed by atoms with Gasteiger partial charge in [-0.1, -0.05) is 17.7 Å². The Kier molecular flexibility index (Phi) is 4.26. The molecule has 0 spiro atoms. The molecule has 1 fully saturated rings. The molecule has 0 atom stereocenters. The highest BCUT2D eigenvalue weighted by atomic mass is 32.2. The van der Waals surface area contributed by atoms with Gasteiger partial charge in [-0.15, -0.1) is 0 Å². The molecule has 106 valence electrons. The summed E-state index contributed by atoms with van der Waals surface area (Å²) in [5, 5.41) is 0. The van der Waals surface area contributed by atoms with Gasteiger partial charge >= 0.3 is 0 Å². The first-order chi connectivity index (χ1) is 8.91. The zero-order chi connectivity index (χ0) is 13.9. The molecular weight excluding hydrogens is 265 g/mol. The molecule has 1 saturated carbocycles. The third-order valence-electron chi connectivity index (χ3n) is 3.67. The molecule has 5 heteroatoms. The summed E-state index contributed by atoms with van der Waals surface area (Å²) < 4.78 is 40.1. The van der Waals surface area contributed by atoms with E-state index in [-0.39, 0.29) is 4.90 Å². The number of halogens is 1. The van der Waals surface area contributed by atoms with Gasteiger partial charge in [-0.3, -0.25) is 0 Å². The SMILES string of the molecule is Cc1ccc(S(=O)(=O)NCCCC2(F)CCC2)cc1. The Hall–Kier alpha value is -0.940. The first-order valence-electron chi connectivity index (χ1n) is 6.67. The number of nitrogens with one attached hydrogen (secondary N) is 1. The van der Waals surface area contributed by atoms with Gasteiger partial charge in [0.1, 0.15) is 5.67 Å². The molecule has 0 amide bonds. The molecule has 1 aliphatic carbocycles. The van der Waals surface area contributed by atoms with E-state index in [1.807, 2.05) is 6.92 Å². The maximum Gasteiger partial charge on any atom is 0.240 e. The Morgan fingerprint density at radius 1 is 1.26 bits per heavy atom. The molecule has 0 saturated heterocycles. The average Bonchev–Trinajstić information content (AvgIpc) is 2.33. The van der Waals surface area contributed by atoms with Gasteiger partial charge in [0.15, 0.2) is 0 Å². The quantitative estimate of drug-likeness (QED) is 0.817. The lowest BCUT2D eigenvalue weighted by atomic mass is 9.79. The molecule has 3 nitrogen and oxygen atoms in total. The fraction of sp³-hybridized carbons (Fsp3) is 0.571. The van der Waals surface area contributed by atoms with Crippen LogP contribution in [0.4, 0.5) is 4.39 Å². The fourth-order valence-electron chi connectivity index (χ4n) is 2.22. The van der Waals surface area contributed by atoms with Crippen molar-refractivity contribution in [1.29, 1.82) is 0 Å². The van der Waals surface area contributed by atoms with Crippen molar-refractivity contribution in [2.45, 2.75) is 49.6 Å². The second-order valence-corrected chi connectivity index (χ2v) is 7.09. The van der Waals surface area contributed by atoms with Crippen molar-refractivity contribution in [2.24, 2.45) is 0 Å². The topological polar surface area (TPSA) is 46.2 Å². The van der Waals surface area contributed by atoms with Gasteiger partial charge in [0, 0.05) is 6.54 Å². The van der Waals surface area contributed by atoms with Crippen LogP contribution in [0, 0.1) is 6.92 Å². The summed E-state index contributed by atoms with van der Waals surface area (Å²) >= 11 is 0. The van der Waals surface area contributed by atoms with E-state index in [2.05, 4.69) is 4.72 Å². The monoisotopic (exact) mass is 285 g/mol. The number of rotatable bonds is 6. The van der Waals surface area contributed by atoms with Crippen LogP contribution >= 0.6 is 0 Å². The highest BCUT2D eigenvalue weighted by molar-refractivity contribution is 7.89. The summed E-state index contributed by atoms with van der Waals surface area (Å²) in [7, 11) is -3.46. The van der Waals surface area contributed by atoms with Crippen LogP contribution in [0.2, 0.25) is 0 Å². The largest absolute Gasteiger partial charge is 0.244 e. The third kappa shape index (κ3) is 3.76. The van der Waals surface area contributed by atoms with Crippen LogP contribution in [0.3, 0.4) is 0 Å². The maximum absolute atomic E-state index is 13.7. The molecule has 1 aliphatic rings. The summed E-state index contributed by atoms with van der Waals surface area (Å²) in [5.41, 5.74) is -0.0155. The van der Waals surface area contributed by atoms with E-state index in [0.717, 1.165) is 12.0 Å². The van der Waals surface area contributed by atoms with E-state index in [0.29, 0.717) is 32.2 Å². The van der Waals surface area contributed by atoms with Crippen molar-refractivity contribution in [1.82, 2.24) is 4.72 Å². The van der Waals surface area contributed by atoms with Gasteiger partial charge in [0.05, 0.1) is 4.90 Å². The molecule has 0 aliphatic heterocycles. The molecular formula is C14H20FNO2S. The molecule has 2 rings (SSSR count). The number of hydrogen-bond donors (Lipinski definition) is 1. The molecule has 19 heavy (non-hydrogen) atoms. The summed E-state index contributed by atoms with van der Waals surface area (Å²) in [6.07, 6.45) is 3.19. The second kappa shape index (κ2) is 5.59. The summed E-state index contributed by atoms with van der Waals surface area (Å²) in [6.45, 7) is 2.20. The maximum atomic E-state index is 13.7. The second-order valence-electron chi connectivity index (χ2n) is 5.32. The normalized spacial score (nSPS) is 18.0. The smallest absolute Gasteiger partial charge is 0.240 e.